The normalized spacial score (nSPS) is 11.1. The van der Waals surface area contributed by atoms with Crippen molar-refractivity contribution in [2.45, 2.75) is 10.1 Å². The summed E-state index contributed by atoms with van der Waals surface area (Å²) in [6.45, 7) is 0. The SMILES string of the molecule is N#Cc1cccc(S(=O)(=O)CCSc2ncc[nH]2)c1. The standard InChI is InChI=1S/C12H11N3O2S2/c13-9-10-2-1-3-11(8-10)19(16,17)7-6-18-12-14-4-5-15-12/h1-5,8H,6-7H2,(H,14,15). The number of rotatable bonds is 5. The topological polar surface area (TPSA) is 86.6 Å². The molecular weight excluding hydrogens is 282 g/mol. The molecule has 5 nitrogen and oxygen atoms in total. The van der Waals surface area contributed by atoms with Gasteiger partial charge in [0.25, 0.3) is 0 Å². The molecule has 98 valence electrons. The van der Waals surface area contributed by atoms with Gasteiger partial charge in [-0.05, 0) is 18.2 Å². The van der Waals surface area contributed by atoms with Crippen LogP contribution in [-0.2, 0) is 9.84 Å². The zero-order valence-corrected chi connectivity index (χ0v) is 11.5. The summed E-state index contributed by atoms with van der Waals surface area (Å²) in [5.41, 5.74) is 0.347. The zero-order chi connectivity index (χ0) is 13.7. The number of sulfone groups is 1. The number of H-pyrrole nitrogens is 1. The van der Waals surface area contributed by atoms with Crippen LogP contribution in [0.2, 0.25) is 0 Å². The molecule has 1 heterocycles. The van der Waals surface area contributed by atoms with Crippen molar-refractivity contribution in [1.29, 1.82) is 5.26 Å². The molecule has 0 aliphatic rings. The summed E-state index contributed by atoms with van der Waals surface area (Å²) < 4.78 is 24.2. The van der Waals surface area contributed by atoms with Crippen LogP contribution in [0.1, 0.15) is 5.56 Å². The van der Waals surface area contributed by atoms with Crippen LogP contribution in [-0.4, -0.2) is 29.9 Å². The third kappa shape index (κ3) is 3.59. The van der Waals surface area contributed by atoms with Crippen LogP contribution in [0.3, 0.4) is 0 Å². The van der Waals surface area contributed by atoms with E-state index in [0.29, 0.717) is 16.5 Å². The van der Waals surface area contributed by atoms with Gasteiger partial charge < -0.3 is 4.98 Å². The van der Waals surface area contributed by atoms with E-state index in [1.54, 1.807) is 24.5 Å². The van der Waals surface area contributed by atoms with Crippen LogP contribution < -0.4 is 0 Å². The lowest BCUT2D eigenvalue weighted by Crippen LogP contribution is -2.09. The summed E-state index contributed by atoms with van der Waals surface area (Å²) >= 11 is 1.35. The fraction of sp³-hybridized carbons (Fsp3) is 0.167. The van der Waals surface area contributed by atoms with Crippen molar-refractivity contribution in [2.24, 2.45) is 0 Å². The number of hydrogen-bond donors (Lipinski definition) is 1. The second-order valence-electron chi connectivity index (χ2n) is 3.70. The van der Waals surface area contributed by atoms with E-state index >= 15 is 0 Å². The van der Waals surface area contributed by atoms with Crippen molar-refractivity contribution in [3.63, 3.8) is 0 Å². The molecule has 0 bridgehead atoms. The van der Waals surface area contributed by atoms with E-state index in [-0.39, 0.29) is 10.6 Å². The van der Waals surface area contributed by atoms with E-state index in [9.17, 15) is 8.42 Å². The predicted molar refractivity (Wildman–Crippen MR) is 72.5 cm³/mol. The summed E-state index contributed by atoms with van der Waals surface area (Å²) in [5.74, 6) is 0.417. The highest BCUT2D eigenvalue weighted by molar-refractivity contribution is 8.00. The largest absolute Gasteiger partial charge is 0.340 e. The number of aromatic nitrogens is 2. The molecule has 0 fully saturated rings. The molecule has 7 heteroatoms. The van der Waals surface area contributed by atoms with Crippen LogP contribution in [0.25, 0.3) is 0 Å². The number of aromatic amines is 1. The molecule has 0 unspecified atom stereocenters. The number of imidazole rings is 1. The van der Waals surface area contributed by atoms with Gasteiger partial charge in [-0.3, -0.25) is 0 Å². The van der Waals surface area contributed by atoms with Crippen molar-refractivity contribution < 1.29 is 8.42 Å². The average Bonchev–Trinajstić information content (AvgIpc) is 2.92. The first-order chi connectivity index (χ1) is 9.12. The third-order valence-electron chi connectivity index (χ3n) is 2.39. The Balaban J connectivity index is 2.03. The molecule has 1 aromatic carbocycles. The van der Waals surface area contributed by atoms with Crippen LogP contribution in [0.15, 0.2) is 46.7 Å². The lowest BCUT2D eigenvalue weighted by Gasteiger charge is -2.03. The molecule has 0 aliphatic carbocycles. The molecule has 2 rings (SSSR count). The van der Waals surface area contributed by atoms with E-state index in [1.165, 1.54) is 23.9 Å². The summed E-state index contributed by atoms with van der Waals surface area (Å²) in [4.78, 5) is 7.09. The number of thioether (sulfide) groups is 1. The fourth-order valence-corrected chi connectivity index (χ4v) is 3.97. The molecule has 1 N–H and O–H groups in total. The smallest absolute Gasteiger partial charge is 0.179 e. The number of benzene rings is 1. The van der Waals surface area contributed by atoms with E-state index in [2.05, 4.69) is 9.97 Å². The second-order valence-corrected chi connectivity index (χ2v) is 6.89. The van der Waals surface area contributed by atoms with Crippen LogP contribution >= 0.6 is 11.8 Å². The van der Waals surface area contributed by atoms with Gasteiger partial charge >= 0.3 is 0 Å². The first-order valence-electron chi connectivity index (χ1n) is 5.47. The predicted octanol–water partition coefficient (Wildman–Crippen LogP) is 1.85. The molecule has 2 aromatic rings. The molecule has 1 aromatic heterocycles. The van der Waals surface area contributed by atoms with Gasteiger partial charge in [0.1, 0.15) is 0 Å². The maximum atomic E-state index is 12.1. The lowest BCUT2D eigenvalue weighted by atomic mass is 10.2. The molecule has 0 saturated carbocycles. The highest BCUT2D eigenvalue weighted by Crippen LogP contribution is 2.17. The molecule has 0 aliphatic heterocycles. The summed E-state index contributed by atoms with van der Waals surface area (Å²) in [6, 6.07) is 7.99. The minimum Gasteiger partial charge on any atom is -0.340 e. The highest BCUT2D eigenvalue weighted by Gasteiger charge is 2.15. The molecule has 0 amide bonds. The summed E-state index contributed by atoms with van der Waals surface area (Å²) in [5, 5.41) is 9.46. The molecule has 0 spiro atoms. The van der Waals surface area contributed by atoms with Crippen LogP contribution in [0.4, 0.5) is 0 Å². The quantitative estimate of drug-likeness (QED) is 0.850. The van der Waals surface area contributed by atoms with Gasteiger partial charge in [0.2, 0.25) is 0 Å². The number of nitrogens with one attached hydrogen (secondary N) is 1. The van der Waals surface area contributed by atoms with Gasteiger partial charge in [-0.15, -0.1) is 0 Å². The minimum atomic E-state index is -3.36. The Bertz CT molecular complexity index is 688. The van der Waals surface area contributed by atoms with Crippen molar-refractivity contribution in [1.82, 2.24) is 9.97 Å². The highest BCUT2D eigenvalue weighted by atomic mass is 32.2. The molecule has 0 atom stereocenters. The number of hydrogen-bond acceptors (Lipinski definition) is 5. The van der Waals surface area contributed by atoms with E-state index < -0.39 is 9.84 Å². The Morgan fingerprint density at radius 1 is 1.42 bits per heavy atom. The molecule has 19 heavy (non-hydrogen) atoms. The van der Waals surface area contributed by atoms with Crippen molar-refractivity contribution >= 4 is 21.6 Å². The summed E-state index contributed by atoms with van der Waals surface area (Å²) in [7, 11) is -3.36. The van der Waals surface area contributed by atoms with E-state index in [1.807, 2.05) is 6.07 Å². The number of nitrogens with zero attached hydrogens (tertiary/aromatic N) is 2. The van der Waals surface area contributed by atoms with Gasteiger partial charge in [0, 0.05) is 18.1 Å². The molecule has 0 radical (unpaired) electrons. The van der Waals surface area contributed by atoms with Gasteiger partial charge in [-0.1, -0.05) is 17.8 Å². The van der Waals surface area contributed by atoms with Gasteiger partial charge in [-0.25, -0.2) is 13.4 Å². The van der Waals surface area contributed by atoms with Crippen molar-refractivity contribution in [2.75, 3.05) is 11.5 Å². The minimum absolute atomic E-state index is 0.00719. The Morgan fingerprint density at radius 3 is 2.95 bits per heavy atom. The average molecular weight is 293 g/mol. The zero-order valence-electron chi connectivity index (χ0n) is 9.91. The second kappa shape index (κ2) is 5.91. The first-order valence-corrected chi connectivity index (χ1v) is 8.11. The first kappa shape index (κ1) is 13.6. The Hall–Kier alpha value is -1.78. The van der Waals surface area contributed by atoms with Crippen molar-refractivity contribution in [3.8, 4) is 6.07 Å². The Kier molecular flexibility index (Phi) is 4.24. The van der Waals surface area contributed by atoms with Gasteiger partial charge in [-0.2, -0.15) is 5.26 Å². The third-order valence-corrected chi connectivity index (χ3v) is 5.26. The van der Waals surface area contributed by atoms with Crippen LogP contribution in [0, 0.1) is 11.3 Å². The molecule has 0 saturated heterocycles. The number of nitriles is 1. The monoisotopic (exact) mass is 293 g/mol. The maximum Gasteiger partial charge on any atom is 0.179 e. The molecular formula is C12H11N3O2S2. The summed E-state index contributed by atoms with van der Waals surface area (Å²) in [6.07, 6.45) is 3.31. The Labute approximate surface area is 115 Å². The van der Waals surface area contributed by atoms with Gasteiger partial charge in [0.05, 0.1) is 22.3 Å². The maximum absolute atomic E-state index is 12.1. The van der Waals surface area contributed by atoms with Crippen molar-refractivity contribution in [3.05, 3.63) is 42.2 Å². The Morgan fingerprint density at radius 2 is 2.26 bits per heavy atom. The fourth-order valence-electron chi connectivity index (χ4n) is 1.45. The van der Waals surface area contributed by atoms with Crippen LogP contribution in [0.5, 0.6) is 0 Å². The van der Waals surface area contributed by atoms with Gasteiger partial charge in [0.15, 0.2) is 15.0 Å². The lowest BCUT2D eigenvalue weighted by molar-refractivity contribution is 0.597. The van der Waals surface area contributed by atoms with E-state index in [0.717, 1.165) is 0 Å². The van der Waals surface area contributed by atoms with E-state index in [4.69, 9.17) is 5.26 Å².